The van der Waals surface area contributed by atoms with Crippen molar-refractivity contribution in [1.82, 2.24) is 9.96 Å². The van der Waals surface area contributed by atoms with Crippen molar-refractivity contribution >= 4 is 10.4 Å². The Kier molecular flexibility index (Phi) is 1.92. The zero-order chi connectivity index (χ0) is 11.3. The maximum Gasteiger partial charge on any atom is 0.413 e. The molecule has 3 aliphatic heterocycles. The molecule has 9 heteroatoms. The van der Waals surface area contributed by atoms with E-state index in [2.05, 4.69) is 14.5 Å². The third kappa shape index (κ3) is 1.53. The first-order chi connectivity index (χ1) is 7.53. The Labute approximate surface area is 91.4 Å². The van der Waals surface area contributed by atoms with Crippen molar-refractivity contribution in [1.29, 1.82) is 0 Å². The van der Waals surface area contributed by atoms with Crippen molar-refractivity contribution in [3.63, 3.8) is 0 Å². The number of fused-ring (bicyclic) bond motifs is 4. The van der Waals surface area contributed by atoms with Gasteiger partial charge in [0, 0.05) is 18.3 Å². The molecule has 0 amide bonds. The number of hydroxylamine groups is 2. The minimum atomic E-state index is -4.49. The molecular formula is C7H8N4O4S. The van der Waals surface area contributed by atoms with Gasteiger partial charge in [0.25, 0.3) is 0 Å². The monoisotopic (exact) mass is 244 g/mol. The molecule has 0 saturated carbocycles. The second kappa shape index (κ2) is 3.10. The van der Waals surface area contributed by atoms with Gasteiger partial charge < -0.3 is 4.90 Å². The van der Waals surface area contributed by atoms with Crippen LogP contribution in [-0.4, -0.2) is 42.2 Å². The second-order valence-corrected chi connectivity index (χ2v) is 4.67. The van der Waals surface area contributed by atoms with E-state index in [1.165, 1.54) is 5.06 Å². The van der Waals surface area contributed by atoms with Crippen LogP contribution in [0.25, 0.3) is 0 Å². The van der Waals surface area contributed by atoms with E-state index >= 15 is 0 Å². The summed E-state index contributed by atoms with van der Waals surface area (Å²) in [6.07, 6.45) is 3.35. The van der Waals surface area contributed by atoms with Gasteiger partial charge in [-0.05, 0) is 0 Å². The fourth-order valence-electron chi connectivity index (χ4n) is 2.00. The topological polar surface area (TPSA) is 94.8 Å². The van der Waals surface area contributed by atoms with Gasteiger partial charge in [0.2, 0.25) is 0 Å². The quantitative estimate of drug-likeness (QED) is 0.680. The first-order valence-electron chi connectivity index (χ1n) is 4.54. The lowest BCUT2D eigenvalue weighted by atomic mass is 10.0. The van der Waals surface area contributed by atoms with Gasteiger partial charge >= 0.3 is 10.4 Å². The molecule has 3 heterocycles. The number of azo groups is 1. The Balaban J connectivity index is 1.89. The molecule has 86 valence electrons. The van der Waals surface area contributed by atoms with Gasteiger partial charge in [0.05, 0.1) is 18.9 Å². The summed E-state index contributed by atoms with van der Waals surface area (Å²) in [5.74, 6) is 0. The molecule has 0 radical (unpaired) electrons. The van der Waals surface area contributed by atoms with Gasteiger partial charge in [-0.15, -0.1) is 10.2 Å². The van der Waals surface area contributed by atoms with Crippen molar-refractivity contribution in [2.24, 2.45) is 10.2 Å². The molecule has 3 rings (SSSR count). The molecule has 0 aromatic heterocycles. The van der Waals surface area contributed by atoms with E-state index in [1.54, 1.807) is 12.4 Å². The SMILES string of the molecule is O=S(=O)(O)ON1CN2C=C3N=NC=C3C1C2. The highest BCUT2D eigenvalue weighted by Crippen LogP contribution is 2.34. The summed E-state index contributed by atoms with van der Waals surface area (Å²) < 4.78 is 34.4. The molecule has 0 spiro atoms. The Morgan fingerprint density at radius 3 is 3.12 bits per heavy atom. The van der Waals surface area contributed by atoms with Crippen LogP contribution < -0.4 is 0 Å². The van der Waals surface area contributed by atoms with Crippen molar-refractivity contribution < 1.29 is 17.3 Å². The zero-order valence-corrected chi connectivity index (χ0v) is 8.83. The fraction of sp³-hybridized carbons (Fsp3) is 0.429. The van der Waals surface area contributed by atoms with E-state index in [9.17, 15) is 8.42 Å². The maximum absolute atomic E-state index is 10.7. The van der Waals surface area contributed by atoms with E-state index in [-0.39, 0.29) is 12.7 Å². The van der Waals surface area contributed by atoms with Crippen molar-refractivity contribution in [3.05, 3.63) is 23.7 Å². The summed E-state index contributed by atoms with van der Waals surface area (Å²) in [5, 5.41) is 8.83. The van der Waals surface area contributed by atoms with Gasteiger partial charge in [0.1, 0.15) is 5.70 Å². The van der Waals surface area contributed by atoms with Crippen LogP contribution in [0.15, 0.2) is 33.9 Å². The highest BCUT2D eigenvalue weighted by Gasteiger charge is 2.41. The molecule has 1 unspecified atom stereocenters. The molecule has 1 saturated heterocycles. The van der Waals surface area contributed by atoms with Crippen LogP contribution in [0.3, 0.4) is 0 Å². The molecule has 0 aromatic carbocycles. The highest BCUT2D eigenvalue weighted by atomic mass is 32.3. The van der Waals surface area contributed by atoms with Crippen molar-refractivity contribution in [3.8, 4) is 0 Å². The van der Waals surface area contributed by atoms with Crippen LogP contribution in [0.1, 0.15) is 0 Å². The smallest absolute Gasteiger partial charge is 0.358 e. The lowest BCUT2D eigenvalue weighted by Gasteiger charge is -2.21. The molecule has 1 atom stereocenters. The van der Waals surface area contributed by atoms with Gasteiger partial charge in [0.15, 0.2) is 0 Å². The van der Waals surface area contributed by atoms with Crippen LogP contribution in [0, 0.1) is 0 Å². The minimum absolute atomic E-state index is 0.265. The van der Waals surface area contributed by atoms with E-state index in [0.29, 0.717) is 12.2 Å². The first kappa shape index (κ1) is 9.90. The normalized spacial score (nSPS) is 28.1. The van der Waals surface area contributed by atoms with E-state index in [1.807, 2.05) is 4.90 Å². The van der Waals surface area contributed by atoms with Gasteiger partial charge in [-0.1, -0.05) is 0 Å². The predicted molar refractivity (Wildman–Crippen MR) is 50.9 cm³/mol. The minimum Gasteiger partial charge on any atom is -0.358 e. The van der Waals surface area contributed by atoms with Gasteiger partial charge in [-0.3, -0.25) is 4.55 Å². The van der Waals surface area contributed by atoms with Crippen molar-refractivity contribution in [2.45, 2.75) is 6.04 Å². The van der Waals surface area contributed by atoms with Crippen LogP contribution >= 0.6 is 0 Å². The lowest BCUT2D eigenvalue weighted by molar-refractivity contribution is -0.0669. The Bertz CT molecular complexity index is 523. The first-order valence-corrected chi connectivity index (χ1v) is 5.90. The standard InChI is InChI=1S/C7H8N4O4S/c12-16(13,14)15-11-4-10-2-6-5(1-8-9-6)7(11)3-10/h1-2,7H,3-4H2,(H,12,13,14). The molecule has 3 aliphatic rings. The second-order valence-electron chi connectivity index (χ2n) is 3.66. The maximum atomic E-state index is 10.7. The summed E-state index contributed by atoms with van der Waals surface area (Å²) in [7, 11) is -4.49. The molecule has 8 nitrogen and oxygen atoms in total. The summed E-state index contributed by atoms with van der Waals surface area (Å²) in [6, 6.07) is -0.267. The summed E-state index contributed by atoms with van der Waals surface area (Å²) >= 11 is 0. The van der Waals surface area contributed by atoms with Crippen molar-refractivity contribution in [2.75, 3.05) is 13.2 Å². The van der Waals surface area contributed by atoms with E-state index < -0.39 is 10.4 Å². The number of hydrogen-bond donors (Lipinski definition) is 1. The average Bonchev–Trinajstić information content (AvgIpc) is 2.71. The third-order valence-corrected chi connectivity index (χ3v) is 2.97. The average molecular weight is 244 g/mol. The lowest BCUT2D eigenvalue weighted by Crippen LogP contribution is -2.34. The summed E-state index contributed by atoms with van der Waals surface area (Å²) in [6.45, 7) is 0.858. The largest absolute Gasteiger partial charge is 0.413 e. The highest BCUT2D eigenvalue weighted by molar-refractivity contribution is 7.80. The summed E-state index contributed by atoms with van der Waals surface area (Å²) in [5.41, 5.74) is 1.51. The van der Waals surface area contributed by atoms with Crippen LogP contribution in [0.5, 0.6) is 0 Å². The molecule has 16 heavy (non-hydrogen) atoms. The molecule has 0 aromatic rings. The Morgan fingerprint density at radius 2 is 2.38 bits per heavy atom. The van der Waals surface area contributed by atoms with E-state index in [0.717, 1.165) is 5.57 Å². The molecule has 1 N–H and O–H groups in total. The number of hydrogen-bond acceptors (Lipinski definition) is 7. The number of rotatable bonds is 2. The van der Waals surface area contributed by atoms with E-state index in [4.69, 9.17) is 4.55 Å². The molecular weight excluding hydrogens is 236 g/mol. The van der Waals surface area contributed by atoms with Gasteiger partial charge in [-0.2, -0.15) is 17.8 Å². The molecule has 1 fully saturated rings. The summed E-state index contributed by atoms with van der Waals surface area (Å²) in [4.78, 5) is 1.84. The Hall–Kier alpha value is -1.29. The Morgan fingerprint density at radius 1 is 1.56 bits per heavy atom. The molecule has 0 aliphatic carbocycles. The third-order valence-electron chi connectivity index (χ3n) is 2.59. The molecule has 2 bridgehead atoms. The van der Waals surface area contributed by atoms with Crippen LogP contribution in [0.4, 0.5) is 0 Å². The van der Waals surface area contributed by atoms with Gasteiger partial charge in [-0.25, -0.2) is 0 Å². The predicted octanol–water partition coefficient (Wildman–Crippen LogP) is -0.131. The van der Waals surface area contributed by atoms with Crippen LogP contribution in [0.2, 0.25) is 0 Å². The fourth-order valence-corrected chi connectivity index (χ4v) is 2.39. The number of nitrogens with zero attached hydrogens (tertiary/aromatic N) is 4. The van der Waals surface area contributed by atoms with Crippen LogP contribution in [-0.2, 0) is 14.7 Å². The zero-order valence-electron chi connectivity index (χ0n) is 8.02.